The van der Waals surface area contributed by atoms with E-state index in [0.29, 0.717) is 11.5 Å². The van der Waals surface area contributed by atoms with E-state index in [1.165, 1.54) is 22.9 Å². The van der Waals surface area contributed by atoms with Crippen molar-refractivity contribution in [3.8, 4) is 0 Å². The molecule has 0 aliphatic carbocycles. The van der Waals surface area contributed by atoms with Crippen LogP contribution in [-0.4, -0.2) is 33.7 Å². The van der Waals surface area contributed by atoms with Crippen LogP contribution in [0.3, 0.4) is 0 Å². The number of hydrogen-bond acceptors (Lipinski definition) is 4. The molecule has 1 aliphatic heterocycles. The number of carboxylic acids is 1. The van der Waals surface area contributed by atoms with E-state index in [-0.39, 0.29) is 17.2 Å². The van der Waals surface area contributed by atoms with Crippen molar-refractivity contribution in [2.45, 2.75) is 25.3 Å². The van der Waals surface area contributed by atoms with E-state index in [2.05, 4.69) is 0 Å². The maximum absolute atomic E-state index is 12.2. The first-order valence-electron chi connectivity index (χ1n) is 5.72. The van der Waals surface area contributed by atoms with Crippen molar-refractivity contribution in [3.05, 3.63) is 24.2 Å². The molecule has 5 nitrogen and oxygen atoms in total. The van der Waals surface area contributed by atoms with E-state index in [1.54, 1.807) is 26.0 Å². The average Bonchev–Trinajstić information content (AvgIpc) is 2.95. The number of furan rings is 1. The number of aliphatic carboxylic acids is 1. The molecular formula is C12H15NO4S. The molecule has 0 bridgehead atoms. The standard InChI is InChI=1S/C12H15NO4S/c1-7(2)10(14)13-8(12(15)16)6-18-11(13)9-4-3-5-17-9/h3-5,7-8,11H,6H2,1-2H3,(H,15,16). The fourth-order valence-electron chi connectivity index (χ4n) is 1.91. The van der Waals surface area contributed by atoms with Crippen LogP contribution in [0.15, 0.2) is 22.8 Å². The number of nitrogens with zero attached hydrogens (tertiary/aromatic N) is 1. The van der Waals surface area contributed by atoms with Crippen LogP contribution in [0.25, 0.3) is 0 Å². The summed E-state index contributed by atoms with van der Waals surface area (Å²) < 4.78 is 5.30. The predicted octanol–water partition coefficient (Wildman–Crippen LogP) is 1.96. The summed E-state index contributed by atoms with van der Waals surface area (Å²) in [6, 6.07) is 2.73. The summed E-state index contributed by atoms with van der Waals surface area (Å²) in [5.41, 5.74) is 0. The van der Waals surface area contributed by atoms with Crippen molar-refractivity contribution < 1.29 is 19.1 Å². The third-order valence-electron chi connectivity index (χ3n) is 2.82. The van der Waals surface area contributed by atoms with Crippen molar-refractivity contribution in [2.24, 2.45) is 5.92 Å². The van der Waals surface area contributed by atoms with Crippen molar-refractivity contribution >= 4 is 23.6 Å². The second-order valence-electron chi connectivity index (χ2n) is 4.46. The largest absolute Gasteiger partial charge is 0.480 e. The van der Waals surface area contributed by atoms with Gasteiger partial charge in [-0.3, -0.25) is 4.79 Å². The van der Waals surface area contributed by atoms with Gasteiger partial charge in [-0.05, 0) is 12.1 Å². The summed E-state index contributed by atoms with van der Waals surface area (Å²) in [7, 11) is 0. The van der Waals surface area contributed by atoms with Crippen LogP contribution in [0.4, 0.5) is 0 Å². The predicted molar refractivity (Wildman–Crippen MR) is 67.0 cm³/mol. The molecule has 0 saturated carbocycles. The molecule has 1 amide bonds. The third kappa shape index (κ3) is 2.25. The van der Waals surface area contributed by atoms with Crippen molar-refractivity contribution in [2.75, 3.05) is 5.75 Å². The second kappa shape index (κ2) is 5.06. The number of hydrogen-bond donors (Lipinski definition) is 1. The normalized spacial score (nSPS) is 23.6. The van der Waals surface area contributed by atoms with Gasteiger partial charge in [-0.1, -0.05) is 13.8 Å². The van der Waals surface area contributed by atoms with Gasteiger partial charge in [0.05, 0.1) is 6.26 Å². The lowest BCUT2D eigenvalue weighted by molar-refractivity contribution is -0.150. The average molecular weight is 269 g/mol. The van der Waals surface area contributed by atoms with Gasteiger partial charge in [-0.15, -0.1) is 11.8 Å². The Hall–Kier alpha value is -1.43. The van der Waals surface area contributed by atoms with Gasteiger partial charge >= 0.3 is 5.97 Å². The number of rotatable bonds is 3. The lowest BCUT2D eigenvalue weighted by Gasteiger charge is -2.27. The third-order valence-corrected chi connectivity index (χ3v) is 4.10. The monoisotopic (exact) mass is 269 g/mol. The Morgan fingerprint density at radius 2 is 2.28 bits per heavy atom. The first-order valence-corrected chi connectivity index (χ1v) is 6.77. The molecule has 2 atom stereocenters. The summed E-state index contributed by atoms with van der Waals surface area (Å²) in [6.07, 6.45) is 1.53. The number of amides is 1. The van der Waals surface area contributed by atoms with Crippen LogP contribution in [0.5, 0.6) is 0 Å². The highest BCUT2D eigenvalue weighted by Crippen LogP contribution is 2.42. The summed E-state index contributed by atoms with van der Waals surface area (Å²) in [6.45, 7) is 3.53. The van der Waals surface area contributed by atoms with E-state index in [9.17, 15) is 14.7 Å². The lowest BCUT2D eigenvalue weighted by atomic mass is 10.1. The van der Waals surface area contributed by atoms with E-state index in [0.717, 1.165) is 0 Å². The zero-order valence-corrected chi connectivity index (χ0v) is 11.0. The molecule has 1 aromatic heterocycles. The van der Waals surface area contributed by atoms with E-state index in [1.807, 2.05) is 0 Å². The Balaban J connectivity index is 2.31. The molecule has 2 unspecified atom stereocenters. The van der Waals surface area contributed by atoms with Crippen LogP contribution in [0.2, 0.25) is 0 Å². The molecule has 1 fully saturated rings. The number of carboxylic acid groups (broad SMARTS) is 1. The Labute approximate surface area is 109 Å². The van der Waals surface area contributed by atoms with E-state index < -0.39 is 12.0 Å². The fourth-order valence-corrected chi connectivity index (χ4v) is 3.29. The smallest absolute Gasteiger partial charge is 0.327 e. The SMILES string of the molecule is CC(C)C(=O)N1C(C(=O)O)CSC1c1ccco1. The molecule has 0 spiro atoms. The van der Waals surface area contributed by atoms with E-state index >= 15 is 0 Å². The maximum atomic E-state index is 12.2. The van der Waals surface area contributed by atoms with Gasteiger partial charge in [-0.25, -0.2) is 4.79 Å². The molecular weight excluding hydrogens is 254 g/mol. The highest BCUT2D eigenvalue weighted by molar-refractivity contribution is 7.99. The zero-order valence-electron chi connectivity index (χ0n) is 10.2. The van der Waals surface area contributed by atoms with Crippen molar-refractivity contribution in [1.82, 2.24) is 4.90 Å². The number of thioether (sulfide) groups is 1. The number of carbonyl (C=O) groups excluding carboxylic acids is 1. The summed E-state index contributed by atoms with van der Waals surface area (Å²) >= 11 is 1.42. The van der Waals surface area contributed by atoms with Crippen LogP contribution in [0, 0.1) is 5.92 Å². The van der Waals surface area contributed by atoms with Gasteiger partial charge < -0.3 is 14.4 Å². The molecule has 18 heavy (non-hydrogen) atoms. The molecule has 98 valence electrons. The maximum Gasteiger partial charge on any atom is 0.327 e. The molecule has 2 heterocycles. The summed E-state index contributed by atoms with van der Waals surface area (Å²) in [5.74, 6) is -0.348. The quantitative estimate of drug-likeness (QED) is 0.908. The minimum absolute atomic E-state index is 0.159. The second-order valence-corrected chi connectivity index (χ2v) is 5.57. The first-order chi connectivity index (χ1) is 8.52. The Morgan fingerprint density at radius 1 is 1.56 bits per heavy atom. The minimum Gasteiger partial charge on any atom is -0.480 e. The van der Waals surface area contributed by atoms with Gasteiger partial charge in [-0.2, -0.15) is 0 Å². The first kappa shape index (κ1) is 13.0. The van der Waals surface area contributed by atoms with Gasteiger partial charge in [0, 0.05) is 11.7 Å². The molecule has 2 rings (SSSR count). The molecule has 1 aliphatic rings. The Bertz CT molecular complexity index is 443. The number of carbonyl (C=O) groups is 2. The fraction of sp³-hybridized carbons (Fsp3) is 0.500. The molecule has 1 saturated heterocycles. The Kier molecular flexibility index (Phi) is 3.65. The van der Waals surface area contributed by atoms with Crippen molar-refractivity contribution in [3.63, 3.8) is 0 Å². The zero-order chi connectivity index (χ0) is 13.3. The van der Waals surface area contributed by atoms with Crippen LogP contribution in [0.1, 0.15) is 25.0 Å². The van der Waals surface area contributed by atoms with Crippen LogP contribution in [-0.2, 0) is 9.59 Å². The highest BCUT2D eigenvalue weighted by atomic mass is 32.2. The molecule has 6 heteroatoms. The van der Waals surface area contributed by atoms with Gasteiger partial charge in [0.2, 0.25) is 5.91 Å². The topological polar surface area (TPSA) is 70.8 Å². The van der Waals surface area contributed by atoms with Crippen LogP contribution < -0.4 is 0 Å². The Morgan fingerprint density at radius 3 is 2.78 bits per heavy atom. The lowest BCUT2D eigenvalue weighted by Crippen LogP contribution is -2.44. The van der Waals surface area contributed by atoms with E-state index in [4.69, 9.17) is 4.42 Å². The van der Waals surface area contributed by atoms with Gasteiger partial charge in [0.1, 0.15) is 17.2 Å². The highest BCUT2D eigenvalue weighted by Gasteiger charge is 2.44. The van der Waals surface area contributed by atoms with Gasteiger partial charge in [0.15, 0.2) is 0 Å². The van der Waals surface area contributed by atoms with Crippen molar-refractivity contribution in [1.29, 1.82) is 0 Å². The summed E-state index contributed by atoms with van der Waals surface area (Å²) in [5, 5.41) is 8.85. The summed E-state index contributed by atoms with van der Waals surface area (Å²) in [4.78, 5) is 24.8. The van der Waals surface area contributed by atoms with Crippen LogP contribution >= 0.6 is 11.8 Å². The molecule has 0 radical (unpaired) electrons. The minimum atomic E-state index is -0.967. The molecule has 1 aromatic rings. The molecule has 0 aromatic carbocycles. The molecule has 1 N–H and O–H groups in total. The van der Waals surface area contributed by atoms with Gasteiger partial charge in [0.25, 0.3) is 0 Å².